The van der Waals surface area contributed by atoms with E-state index >= 15 is 0 Å². The van der Waals surface area contributed by atoms with Gasteiger partial charge in [-0.25, -0.2) is 0 Å². The highest BCUT2D eigenvalue weighted by Crippen LogP contribution is 2.24. The van der Waals surface area contributed by atoms with Gasteiger partial charge in [0.2, 0.25) is 11.8 Å². The first-order valence-corrected chi connectivity index (χ1v) is 12.4. The van der Waals surface area contributed by atoms with Gasteiger partial charge in [-0.15, -0.1) is 0 Å². The van der Waals surface area contributed by atoms with E-state index in [0.717, 1.165) is 39.7 Å². The van der Waals surface area contributed by atoms with Gasteiger partial charge in [-0.1, -0.05) is 72.8 Å². The fourth-order valence-corrected chi connectivity index (χ4v) is 5.28. The summed E-state index contributed by atoms with van der Waals surface area (Å²) in [6.07, 6.45) is 1.91. The average molecular weight is 477 g/mol. The zero-order valence-electron chi connectivity index (χ0n) is 20.1. The number of para-hydroxylation sites is 1. The SMILES string of the molecule is O=C1C2CN(Cc3cnc4ccccc4c3)CCN2C(=O)CN1Cc1ccc(-c2ccccc2)cc1. The Morgan fingerprint density at radius 1 is 0.778 bits per heavy atom. The monoisotopic (exact) mass is 476 g/mol. The van der Waals surface area contributed by atoms with Crippen LogP contribution in [-0.2, 0) is 22.7 Å². The van der Waals surface area contributed by atoms with Crippen LogP contribution in [0.15, 0.2) is 91.1 Å². The summed E-state index contributed by atoms with van der Waals surface area (Å²) in [7, 11) is 0. The van der Waals surface area contributed by atoms with Crippen LogP contribution in [0.25, 0.3) is 22.0 Å². The molecule has 3 heterocycles. The number of amides is 2. The summed E-state index contributed by atoms with van der Waals surface area (Å²) in [4.78, 5) is 36.7. The van der Waals surface area contributed by atoms with E-state index in [1.165, 1.54) is 0 Å². The maximum absolute atomic E-state index is 13.5. The Morgan fingerprint density at radius 2 is 1.53 bits per heavy atom. The van der Waals surface area contributed by atoms with Crippen LogP contribution < -0.4 is 0 Å². The first kappa shape index (κ1) is 22.4. The molecule has 3 aromatic carbocycles. The number of aromatic nitrogens is 1. The molecule has 2 aliphatic rings. The minimum absolute atomic E-state index is 0.0306. The van der Waals surface area contributed by atoms with Crippen LogP contribution in [0.5, 0.6) is 0 Å². The number of pyridine rings is 1. The third-order valence-electron chi connectivity index (χ3n) is 7.20. The zero-order chi connectivity index (χ0) is 24.5. The summed E-state index contributed by atoms with van der Waals surface area (Å²) < 4.78 is 0. The van der Waals surface area contributed by atoms with Gasteiger partial charge >= 0.3 is 0 Å². The van der Waals surface area contributed by atoms with Crippen molar-refractivity contribution in [1.82, 2.24) is 19.7 Å². The van der Waals surface area contributed by atoms with Crippen molar-refractivity contribution in [1.29, 1.82) is 0 Å². The van der Waals surface area contributed by atoms with E-state index in [2.05, 4.69) is 46.3 Å². The summed E-state index contributed by atoms with van der Waals surface area (Å²) in [5.74, 6) is 0.0654. The van der Waals surface area contributed by atoms with Gasteiger partial charge in [0, 0.05) is 44.3 Å². The van der Waals surface area contributed by atoms with Crippen LogP contribution in [0.3, 0.4) is 0 Å². The van der Waals surface area contributed by atoms with Gasteiger partial charge in [0.25, 0.3) is 0 Å². The van der Waals surface area contributed by atoms with Crippen LogP contribution in [0.2, 0.25) is 0 Å². The smallest absolute Gasteiger partial charge is 0.247 e. The standard InChI is InChI=1S/C30H28N4O2/c35-29-21-33(19-22-10-12-25(13-11-22)24-6-2-1-3-7-24)30(36)28-20-32(14-15-34(28)29)18-23-16-26-8-4-5-9-27(26)31-17-23/h1-13,16-17,28H,14-15,18-21H2. The Morgan fingerprint density at radius 3 is 2.36 bits per heavy atom. The lowest BCUT2D eigenvalue weighted by molar-refractivity contribution is -0.160. The molecule has 2 aliphatic heterocycles. The lowest BCUT2D eigenvalue weighted by atomic mass is 10.0. The maximum Gasteiger partial charge on any atom is 0.247 e. The number of carbonyl (C=O) groups is 2. The van der Waals surface area contributed by atoms with Crippen molar-refractivity contribution in [2.45, 2.75) is 19.1 Å². The number of nitrogens with zero attached hydrogens (tertiary/aromatic N) is 4. The topological polar surface area (TPSA) is 56.8 Å². The Labute approximate surface area is 210 Å². The molecule has 1 aromatic heterocycles. The summed E-state index contributed by atoms with van der Waals surface area (Å²) in [5, 5.41) is 1.11. The van der Waals surface area contributed by atoms with Crippen molar-refractivity contribution < 1.29 is 9.59 Å². The van der Waals surface area contributed by atoms with Crippen molar-refractivity contribution >= 4 is 22.7 Å². The second-order valence-electron chi connectivity index (χ2n) is 9.63. The fraction of sp³-hybridized carbons (Fsp3) is 0.233. The number of piperazine rings is 2. The summed E-state index contributed by atoms with van der Waals surface area (Å²) >= 11 is 0. The van der Waals surface area contributed by atoms with Gasteiger partial charge in [-0.3, -0.25) is 19.5 Å². The zero-order valence-corrected chi connectivity index (χ0v) is 20.1. The van der Waals surface area contributed by atoms with Gasteiger partial charge in [0.05, 0.1) is 5.52 Å². The molecule has 1 unspecified atom stereocenters. The number of benzene rings is 3. The summed E-state index contributed by atoms with van der Waals surface area (Å²) in [6.45, 7) is 3.17. The number of rotatable bonds is 5. The first-order valence-electron chi connectivity index (χ1n) is 12.4. The lowest BCUT2D eigenvalue weighted by Gasteiger charge is -2.46. The maximum atomic E-state index is 13.5. The van der Waals surface area contributed by atoms with Crippen LogP contribution in [-0.4, -0.2) is 63.7 Å². The van der Waals surface area contributed by atoms with Gasteiger partial charge < -0.3 is 9.80 Å². The summed E-state index contributed by atoms with van der Waals surface area (Å²) in [5.41, 5.74) is 5.42. The van der Waals surface area contributed by atoms with Crippen molar-refractivity contribution in [2.24, 2.45) is 0 Å². The molecule has 36 heavy (non-hydrogen) atoms. The van der Waals surface area contributed by atoms with Crippen LogP contribution in [0.4, 0.5) is 0 Å². The minimum atomic E-state index is -0.433. The van der Waals surface area contributed by atoms with E-state index in [0.29, 0.717) is 26.2 Å². The highest BCUT2D eigenvalue weighted by Gasteiger charge is 2.42. The van der Waals surface area contributed by atoms with Crippen LogP contribution in [0, 0.1) is 0 Å². The molecule has 0 saturated carbocycles. The minimum Gasteiger partial charge on any atom is -0.327 e. The molecule has 180 valence electrons. The molecular weight excluding hydrogens is 448 g/mol. The molecule has 2 saturated heterocycles. The van der Waals surface area contributed by atoms with E-state index in [4.69, 9.17) is 0 Å². The van der Waals surface area contributed by atoms with Gasteiger partial charge in [0.15, 0.2) is 0 Å². The Balaban J connectivity index is 1.14. The van der Waals surface area contributed by atoms with Crippen molar-refractivity contribution in [2.75, 3.05) is 26.2 Å². The van der Waals surface area contributed by atoms with Crippen molar-refractivity contribution in [3.8, 4) is 11.1 Å². The molecule has 0 N–H and O–H groups in total. The molecule has 0 aliphatic carbocycles. The Hall–Kier alpha value is -4.03. The molecule has 0 bridgehead atoms. The molecule has 0 spiro atoms. The normalized spacial score (nSPS) is 18.5. The molecule has 2 fully saturated rings. The Bertz CT molecular complexity index is 1400. The van der Waals surface area contributed by atoms with E-state index in [9.17, 15) is 9.59 Å². The fourth-order valence-electron chi connectivity index (χ4n) is 5.28. The van der Waals surface area contributed by atoms with Crippen molar-refractivity contribution in [3.05, 3.63) is 102 Å². The highest BCUT2D eigenvalue weighted by atomic mass is 16.2. The van der Waals surface area contributed by atoms with E-state index in [1.54, 1.807) is 9.80 Å². The first-order chi connectivity index (χ1) is 17.6. The number of hydrogen-bond acceptors (Lipinski definition) is 4. The number of fused-ring (bicyclic) bond motifs is 2. The number of hydrogen-bond donors (Lipinski definition) is 0. The van der Waals surface area contributed by atoms with Crippen LogP contribution >= 0.6 is 0 Å². The van der Waals surface area contributed by atoms with Crippen LogP contribution in [0.1, 0.15) is 11.1 Å². The van der Waals surface area contributed by atoms with Crippen molar-refractivity contribution in [3.63, 3.8) is 0 Å². The second kappa shape index (κ2) is 9.55. The highest BCUT2D eigenvalue weighted by molar-refractivity contribution is 5.95. The predicted molar refractivity (Wildman–Crippen MR) is 140 cm³/mol. The predicted octanol–water partition coefficient (Wildman–Crippen LogP) is 3.96. The van der Waals surface area contributed by atoms with E-state index in [-0.39, 0.29) is 18.4 Å². The third-order valence-corrected chi connectivity index (χ3v) is 7.20. The Kier molecular flexibility index (Phi) is 5.95. The second-order valence-corrected chi connectivity index (χ2v) is 9.63. The van der Waals surface area contributed by atoms with Gasteiger partial charge in [-0.2, -0.15) is 0 Å². The average Bonchev–Trinajstić information content (AvgIpc) is 2.92. The molecular formula is C30H28N4O2. The molecule has 2 amide bonds. The quantitative estimate of drug-likeness (QED) is 0.438. The van der Waals surface area contributed by atoms with E-state index in [1.807, 2.05) is 54.7 Å². The molecule has 4 aromatic rings. The largest absolute Gasteiger partial charge is 0.327 e. The molecule has 6 rings (SSSR count). The molecule has 6 heteroatoms. The third kappa shape index (κ3) is 4.48. The molecule has 6 nitrogen and oxygen atoms in total. The molecule has 1 atom stereocenters. The number of carbonyl (C=O) groups excluding carboxylic acids is 2. The van der Waals surface area contributed by atoms with Gasteiger partial charge in [-0.05, 0) is 34.4 Å². The van der Waals surface area contributed by atoms with E-state index < -0.39 is 6.04 Å². The summed E-state index contributed by atoms with van der Waals surface area (Å²) in [6, 6.07) is 28.3. The molecule has 0 radical (unpaired) electrons. The lowest BCUT2D eigenvalue weighted by Crippen LogP contribution is -2.66. The van der Waals surface area contributed by atoms with Gasteiger partial charge in [0.1, 0.15) is 12.6 Å².